The molecule has 1 aliphatic rings. The van der Waals surface area contributed by atoms with Crippen molar-refractivity contribution in [2.75, 3.05) is 0 Å². The van der Waals surface area contributed by atoms with Crippen LogP contribution in [-0.4, -0.2) is 13.2 Å². The van der Waals surface area contributed by atoms with Crippen molar-refractivity contribution < 1.29 is 8.42 Å². The fraction of sp³-hybridized carbons (Fsp3) is 0.231. The van der Waals surface area contributed by atoms with Gasteiger partial charge in [-0.2, -0.15) is 0 Å². The van der Waals surface area contributed by atoms with E-state index in [1.54, 1.807) is 6.92 Å². The van der Waals surface area contributed by atoms with Gasteiger partial charge < -0.3 is 0 Å². The van der Waals surface area contributed by atoms with Crippen LogP contribution < -0.4 is 0 Å². The molecular weight excluding hydrogens is 256 g/mol. The number of rotatable bonds is 2. The number of hydrogen-bond acceptors (Lipinski definition) is 2. The Hall–Kier alpha value is -1.06. The molecule has 1 aliphatic carbocycles. The summed E-state index contributed by atoms with van der Waals surface area (Å²) in [6.07, 6.45) is 5.91. The molecule has 4 heteroatoms. The highest BCUT2D eigenvalue weighted by atomic mass is 35.7. The summed E-state index contributed by atoms with van der Waals surface area (Å²) >= 11 is 0. The number of benzene rings is 1. The van der Waals surface area contributed by atoms with Crippen LogP contribution in [-0.2, 0) is 9.05 Å². The van der Waals surface area contributed by atoms with E-state index in [1.165, 1.54) is 0 Å². The third-order valence-electron chi connectivity index (χ3n) is 3.10. The van der Waals surface area contributed by atoms with Crippen LogP contribution in [0.4, 0.5) is 0 Å². The van der Waals surface area contributed by atoms with E-state index in [-0.39, 0.29) is 0 Å². The van der Waals surface area contributed by atoms with E-state index in [9.17, 15) is 8.42 Å². The van der Waals surface area contributed by atoms with Gasteiger partial charge in [0, 0.05) is 10.7 Å². The van der Waals surface area contributed by atoms with Gasteiger partial charge >= 0.3 is 0 Å². The largest absolute Gasteiger partial charge is 0.242 e. The maximum Gasteiger partial charge on any atom is 0.242 e. The van der Waals surface area contributed by atoms with Gasteiger partial charge in [0.15, 0.2) is 0 Å². The molecule has 0 N–H and O–H groups in total. The summed E-state index contributed by atoms with van der Waals surface area (Å²) in [6, 6.07) is 9.46. The monoisotopic (exact) mass is 268 g/mol. The summed E-state index contributed by atoms with van der Waals surface area (Å²) in [5.41, 5.74) is 1.64. The van der Waals surface area contributed by atoms with Crippen LogP contribution in [0.25, 0.3) is 5.57 Å². The van der Waals surface area contributed by atoms with Crippen molar-refractivity contribution in [1.82, 2.24) is 0 Å². The molecule has 0 amide bonds. The molecule has 1 unspecified atom stereocenters. The smallest absolute Gasteiger partial charge is 0.211 e. The molecule has 2 nitrogen and oxygen atoms in total. The Morgan fingerprint density at radius 3 is 2.47 bits per heavy atom. The lowest BCUT2D eigenvalue weighted by Gasteiger charge is -2.30. The van der Waals surface area contributed by atoms with Gasteiger partial charge in [0.05, 0.1) is 0 Å². The molecule has 90 valence electrons. The summed E-state index contributed by atoms with van der Waals surface area (Å²) in [6.45, 7) is 1.66. The Morgan fingerprint density at radius 1 is 1.24 bits per heavy atom. The Kier molecular flexibility index (Phi) is 3.15. The van der Waals surface area contributed by atoms with Crippen LogP contribution in [0.3, 0.4) is 0 Å². The van der Waals surface area contributed by atoms with Crippen LogP contribution in [0, 0.1) is 0 Å². The third-order valence-corrected chi connectivity index (χ3v) is 5.58. The maximum atomic E-state index is 11.8. The highest BCUT2D eigenvalue weighted by Crippen LogP contribution is 2.41. The van der Waals surface area contributed by atoms with E-state index in [1.807, 2.05) is 48.6 Å². The van der Waals surface area contributed by atoms with Crippen molar-refractivity contribution in [1.29, 1.82) is 0 Å². The zero-order chi connectivity index (χ0) is 12.5. The average Bonchev–Trinajstić information content (AvgIpc) is 2.29. The van der Waals surface area contributed by atoms with Gasteiger partial charge in [0.2, 0.25) is 9.05 Å². The minimum Gasteiger partial charge on any atom is -0.211 e. The van der Waals surface area contributed by atoms with Gasteiger partial charge in [-0.25, -0.2) is 8.42 Å². The Morgan fingerprint density at radius 2 is 1.88 bits per heavy atom. The molecule has 0 aromatic heterocycles. The van der Waals surface area contributed by atoms with Crippen molar-refractivity contribution in [3.8, 4) is 0 Å². The Labute approximate surface area is 106 Å². The second-order valence-corrected chi connectivity index (χ2v) is 7.24. The first kappa shape index (κ1) is 12.4. The van der Waals surface area contributed by atoms with E-state index in [2.05, 4.69) is 0 Å². The fourth-order valence-corrected chi connectivity index (χ4v) is 3.18. The van der Waals surface area contributed by atoms with E-state index in [4.69, 9.17) is 10.7 Å². The maximum absolute atomic E-state index is 11.8. The molecule has 0 radical (unpaired) electrons. The minimum atomic E-state index is -3.67. The molecule has 1 aromatic carbocycles. The van der Waals surface area contributed by atoms with E-state index in [0.717, 1.165) is 11.1 Å². The molecule has 0 heterocycles. The van der Waals surface area contributed by atoms with Crippen molar-refractivity contribution >= 4 is 25.3 Å². The zero-order valence-electron chi connectivity index (χ0n) is 9.43. The van der Waals surface area contributed by atoms with Crippen LogP contribution in [0.5, 0.6) is 0 Å². The Bertz CT molecular complexity index is 573. The van der Waals surface area contributed by atoms with Gasteiger partial charge in [-0.1, -0.05) is 48.6 Å². The molecule has 0 saturated carbocycles. The third kappa shape index (κ3) is 2.17. The predicted octanol–water partition coefficient (Wildman–Crippen LogP) is 3.36. The van der Waals surface area contributed by atoms with Gasteiger partial charge in [0.25, 0.3) is 0 Å². The lowest BCUT2D eigenvalue weighted by atomic mass is 9.87. The number of hydrogen-bond donors (Lipinski definition) is 0. The average molecular weight is 269 g/mol. The van der Waals surface area contributed by atoms with Crippen molar-refractivity contribution in [2.24, 2.45) is 0 Å². The fourth-order valence-electron chi connectivity index (χ4n) is 1.99. The summed E-state index contributed by atoms with van der Waals surface area (Å²) in [5, 5.41) is 0. The molecule has 2 rings (SSSR count). The molecule has 0 fully saturated rings. The summed E-state index contributed by atoms with van der Waals surface area (Å²) < 4.78 is 22.5. The summed E-state index contributed by atoms with van der Waals surface area (Å²) in [4.78, 5) is 0. The standard InChI is InChI=1S/C13H13ClO2S/c1-13(17(14,15)16)10-6-5-9-12(13)11-7-3-2-4-8-11/h2-9H,10H2,1H3. The Balaban J connectivity index is 2.58. The lowest BCUT2D eigenvalue weighted by Crippen LogP contribution is -2.34. The quantitative estimate of drug-likeness (QED) is 0.771. The van der Waals surface area contributed by atoms with Crippen molar-refractivity contribution in [2.45, 2.75) is 18.1 Å². The van der Waals surface area contributed by atoms with E-state index >= 15 is 0 Å². The van der Waals surface area contributed by atoms with Gasteiger partial charge in [0.1, 0.15) is 4.75 Å². The first-order chi connectivity index (χ1) is 7.95. The summed E-state index contributed by atoms with van der Waals surface area (Å²) in [5.74, 6) is 0. The summed E-state index contributed by atoms with van der Waals surface area (Å²) in [7, 11) is 1.93. The SMILES string of the molecule is CC1(S(=O)(=O)Cl)CC=CC=C1c1ccccc1. The molecule has 0 spiro atoms. The van der Waals surface area contributed by atoms with Gasteiger partial charge in [-0.3, -0.25) is 0 Å². The first-order valence-corrected chi connectivity index (χ1v) is 7.63. The molecule has 1 aromatic rings. The van der Waals surface area contributed by atoms with E-state index < -0.39 is 13.8 Å². The van der Waals surface area contributed by atoms with Crippen LogP contribution in [0.2, 0.25) is 0 Å². The van der Waals surface area contributed by atoms with Gasteiger partial charge in [-0.05, 0) is 24.5 Å². The predicted molar refractivity (Wildman–Crippen MR) is 71.4 cm³/mol. The van der Waals surface area contributed by atoms with Crippen LogP contribution >= 0.6 is 10.7 Å². The normalized spacial score (nSPS) is 24.5. The number of halogens is 1. The molecule has 0 bridgehead atoms. The lowest BCUT2D eigenvalue weighted by molar-refractivity contribution is 0.581. The van der Waals surface area contributed by atoms with Crippen LogP contribution in [0.15, 0.2) is 48.6 Å². The topological polar surface area (TPSA) is 34.1 Å². The molecule has 0 saturated heterocycles. The highest BCUT2D eigenvalue weighted by Gasteiger charge is 2.41. The zero-order valence-corrected chi connectivity index (χ0v) is 11.0. The minimum absolute atomic E-state index is 0.402. The number of allylic oxidation sites excluding steroid dienone is 3. The second kappa shape index (κ2) is 4.31. The van der Waals surface area contributed by atoms with Crippen molar-refractivity contribution in [3.63, 3.8) is 0 Å². The van der Waals surface area contributed by atoms with Crippen LogP contribution in [0.1, 0.15) is 18.9 Å². The van der Waals surface area contributed by atoms with Gasteiger partial charge in [-0.15, -0.1) is 0 Å². The molecule has 17 heavy (non-hydrogen) atoms. The van der Waals surface area contributed by atoms with Crippen molar-refractivity contribution in [3.05, 3.63) is 54.1 Å². The molecular formula is C13H13ClO2S. The highest BCUT2D eigenvalue weighted by molar-refractivity contribution is 8.15. The second-order valence-electron chi connectivity index (χ2n) is 4.25. The molecule has 0 aliphatic heterocycles. The first-order valence-electron chi connectivity index (χ1n) is 5.32. The van der Waals surface area contributed by atoms with E-state index in [0.29, 0.717) is 6.42 Å². The molecule has 1 atom stereocenters.